The quantitative estimate of drug-likeness (QED) is 0.389. The lowest BCUT2D eigenvalue weighted by Gasteiger charge is -2.37. The second kappa shape index (κ2) is 8.99. The Labute approximate surface area is 214 Å². The third kappa shape index (κ3) is 4.34. The smallest absolute Gasteiger partial charge is 0.420 e. The van der Waals surface area contributed by atoms with Crippen molar-refractivity contribution in [1.29, 1.82) is 0 Å². The number of aromatic nitrogens is 5. The number of carbonyl (C=O) groups is 1. The topological polar surface area (TPSA) is 78.1 Å². The number of amides is 1. The molecule has 184 valence electrons. The molecule has 1 amide bonds. The predicted octanol–water partition coefficient (Wildman–Crippen LogP) is 6.67. The van der Waals surface area contributed by atoms with E-state index in [0.29, 0.717) is 27.4 Å². The van der Waals surface area contributed by atoms with Gasteiger partial charge in [-0.2, -0.15) is 10.2 Å². The maximum absolute atomic E-state index is 13.4. The molecule has 2 aliphatic rings. The van der Waals surface area contributed by atoms with Gasteiger partial charge < -0.3 is 4.74 Å². The fourth-order valence-electron chi connectivity index (χ4n) is 4.97. The SMILES string of the molecule is CC1=C(c2ncnn2C2CCCC2)[C@@H](c2ccc(Cl)c(Cl)c2)n2nccc2N1C(=O)OC(C)(C)C. The van der Waals surface area contributed by atoms with Gasteiger partial charge in [0.25, 0.3) is 0 Å². The van der Waals surface area contributed by atoms with Gasteiger partial charge in [0.15, 0.2) is 5.82 Å². The van der Waals surface area contributed by atoms with E-state index < -0.39 is 17.7 Å². The number of nitrogens with zero attached hydrogens (tertiary/aromatic N) is 6. The number of halogens is 2. The summed E-state index contributed by atoms with van der Waals surface area (Å²) in [6.07, 6.45) is 7.18. The number of allylic oxidation sites excluding steroid dienone is 2. The van der Waals surface area contributed by atoms with Gasteiger partial charge in [-0.3, -0.25) is 0 Å². The number of fused-ring (bicyclic) bond motifs is 1. The Kier molecular flexibility index (Phi) is 6.13. The van der Waals surface area contributed by atoms with Gasteiger partial charge in [-0.25, -0.2) is 24.0 Å². The minimum absolute atomic E-state index is 0.260. The lowest BCUT2D eigenvalue weighted by molar-refractivity contribution is 0.0588. The molecular formula is C25H28Cl2N6O2. The van der Waals surface area contributed by atoms with Crippen LogP contribution >= 0.6 is 23.2 Å². The van der Waals surface area contributed by atoms with Crippen molar-refractivity contribution < 1.29 is 9.53 Å². The Morgan fingerprint density at radius 1 is 1.06 bits per heavy atom. The number of benzene rings is 1. The van der Waals surface area contributed by atoms with Gasteiger partial charge in [0.2, 0.25) is 0 Å². The molecular weight excluding hydrogens is 487 g/mol. The molecule has 0 spiro atoms. The van der Waals surface area contributed by atoms with Gasteiger partial charge in [-0.1, -0.05) is 42.1 Å². The summed E-state index contributed by atoms with van der Waals surface area (Å²) in [6, 6.07) is 7.21. The highest BCUT2D eigenvalue weighted by Crippen LogP contribution is 2.45. The molecule has 1 atom stereocenters. The molecule has 1 saturated carbocycles. The van der Waals surface area contributed by atoms with Crippen LogP contribution in [0.15, 0.2) is 42.5 Å². The van der Waals surface area contributed by atoms with Crippen molar-refractivity contribution >= 4 is 40.7 Å². The van der Waals surface area contributed by atoms with Crippen molar-refractivity contribution in [3.8, 4) is 0 Å². The number of ether oxygens (including phenoxy) is 1. The molecule has 2 aromatic heterocycles. The zero-order chi connectivity index (χ0) is 24.9. The monoisotopic (exact) mass is 514 g/mol. The second-order valence-corrected chi connectivity index (χ2v) is 10.8. The average molecular weight is 515 g/mol. The van der Waals surface area contributed by atoms with Gasteiger partial charge in [0, 0.05) is 17.3 Å². The standard InChI is InChI=1S/C25H28Cl2N6O2/c1-15-21(23-28-14-30-32(23)17-7-5-6-8-17)22(16-9-10-18(26)19(27)13-16)33-20(11-12-29-33)31(15)24(34)35-25(2,3)4/h9-14,17,22H,5-8H2,1-4H3/t22-/m1/s1. The fourth-order valence-corrected chi connectivity index (χ4v) is 5.27. The van der Waals surface area contributed by atoms with E-state index in [-0.39, 0.29) is 6.04 Å². The minimum atomic E-state index is -0.660. The number of anilines is 1. The third-order valence-corrected chi connectivity index (χ3v) is 7.18. The first-order valence-electron chi connectivity index (χ1n) is 11.8. The van der Waals surface area contributed by atoms with Crippen LogP contribution < -0.4 is 4.90 Å². The normalized spacial score (nSPS) is 18.8. The highest BCUT2D eigenvalue weighted by molar-refractivity contribution is 6.42. The van der Waals surface area contributed by atoms with Gasteiger partial charge in [0.1, 0.15) is 23.8 Å². The van der Waals surface area contributed by atoms with Crippen LogP contribution in [0.3, 0.4) is 0 Å². The Morgan fingerprint density at radius 3 is 2.49 bits per heavy atom. The van der Waals surface area contributed by atoms with E-state index >= 15 is 0 Å². The van der Waals surface area contributed by atoms with E-state index in [0.717, 1.165) is 36.8 Å². The lowest BCUT2D eigenvalue weighted by Crippen LogP contribution is -2.41. The zero-order valence-corrected chi connectivity index (χ0v) is 21.7. The molecule has 1 fully saturated rings. The van der Waals surface area contributed by atoms with Crippen molar-refractivity contribution in [2.75, 3.05) is 4.90 Å². The Bertz CT molecular complexity index is 1300. The Balaban J connectivity index is 1.73. The van der Waals surface area contributed by atoms with Crippen LogP contribution in [-0.4, -0.2) is 36.2 Å². The van der Waals surface area contributed by atoms with Crippen LogP contribution in [0.5, 0.6) is 0 Å². The first kappa shape index (κ1) is 23.9. The number of carbonyl (C=O) groups excluding carboxylic acids is 1. The van der Waals surface area contributed by atoms with Crippen molar-refractivity contribution in [2.24, 2.45) is 0 Å². The molecule has 10 heteroatoms. The van der Waals surface area contributed by atoms with Gasteiger partial charge in [0.05, 0.1) is 22.3 Å². The van der Waals surface area contributed by atoms with Crippen LogP contribution in [0, 0.1) is 0 Å². The molecule has 0 saturated heterocycles. The van der Waals surface area contributed by atoms with E-state index in [4.69, 9.17) is 32.9 Å². The molecule has 1 aliphatic heterocycles. The van der Waals surface area contributed by atoms with Crippen LogP contribution in [0.4, 0.5) is 10.6 Å². The van der Waals surface area contributed by atoms with Crippen LogP contribution in [0.2, 0.25) is 10.0 Å². The molecule has 35 heavy (non-hydrogen) atoms. The van der Waals surface area contributed by atoms with Crippen molar-refractivity contribution in [1.82, 2.24) is 24.5 Å². The van der Waals surface area contributed by atoms with Crippen LogP contribution in [0.1, 0.15) is 76.8 Å². The van der Waals surface area contributed by atoms with Gasteiger partial charge in [-0.05, 0) is 58.2 Å². The van der Waals surface area contributed by atoms with Crippen molar-refractivity contribution in [3.05, 3.63) is 63.9 Å². The van der Waals surface area contributed by atoms with Gasteiger partial charge in [-0.15, -0.1) is 0 Å². The number of hydrogen-bond donors (Lipinski definition) is 0. The lowest BCUT2D eigenvalue weighted by atomic mass is 9.94. The predicted molar refractivity (Wildman–Crippen MR) is 136 cm³/mol. The highest BCUT2D eigenvalue weighted by Gasteiger charge is 2.40. The molecule has 0 radical (unpaired) electrons. The minimum Gasteiger partial charge on any atom is -0.443 e. The highest BCUT2D eigenvalue weighted by atomic mass is 35.5. The summed E-state index contributed by atoms with van der Waals surface area (Å²) in [5.74, 6) is 1.31. The number of hydrogen-bond acceptors (Lipinski definition) is 5. The molecule has 3 aromatic rings. The maximum atomic E-state index is 13.4. The average Bonchev–Trinajstić information content (AvgIpc) is 3.54. The summed E-state index contributed by atoms with van der Waals surface area (Å²) in [5, 5.41) is 10.1. The number of rotatable bonds is 3. The third-order valence-electron chi connectivity index (χ3n) is 6.44. The summed E-state index contributed by atoms with van der Waals surface area (Å²) in [5.41, 5.74) is 1.74. The Hall–Kier alpha value is -2.84. The van der Waals surface area contributed by atoms with E-state index in [1.54, 1.807) is 34.2 Å². The van der Waals surface area contributed by atoms with E-state index in [2.05, 4.69) is 10.2 Å². The van der Waals surface area contributed by atoms with Crippen LogP contribution in [-0.2, 0) is 4.74 Å². The second-order valence-electron chi connectivity index (χ2n) is 9.99. The molecule has 1 aromatic carbocycles. The summed E-state index contributed by atoms with van der Waals surface area (Å²) in [4.78, 5) is 19.7. The molecule has 0 N–H and O–H groups in total. The van der Waals surface area contributed by atoms with E-state index in [1.165, 1.54) is 0 Å². The van der Waals surface area contributed by atoms with E-state index in [9.17, 15) is 4.79 Å². The maximum Gasteiger partial charge on any atom is 0.420 e. The first-order valence-corrected chi connectivity index (χ1v) is 12.5. The molecule has 5 rings (SSSR count). The van der Waals surface area contributed by atoms with Gasteiger partial charge >= 0.3 is 6.09 Å². The summed E-state index contributed by atoms with van der Waals surface area (Å²) < 4.78 is 9.58. The molecule has 1 aliphatic carbocycles. The van der Waals surface area contributed by atoms with Crippen LogP contribution in [0.25, 0.3) is 5.57 Å². The molecule has 3 heterocycles. The molecule has 8 nitrogen and oxygen atoms in total. The summed E-state index contributed by atoms with van der Waals surface area (Å²) in [7, 11) is 0. The largest absolute Gasteiger partial charge is 0.443 e. The molecule has 0 unspecified atom stereocenters. The zero-order valence-electron chi connectivity index (χ0n) is 20.2. The van der Waals surface area contributed by atoms with Crippen molar-refractivity contribution in [3.63, 3.8) is 0 Å². The summed E-state index contributed by atoms with van der Waals surface area (Å²) >= 11 is 12.7. The fraction of sp³-hybridized carbons (Fsp3) is 0.440. The summed E-state index contributed by atoms with van der Waals surface area (Å²) in [6.45, 7) is 7.46. The Morgan fingerprint density at radius 2 is 1.80 bits per heavy atom. The first-order chi connectivity index (χ1) is 16.7. The van der Waals surface area contributed by atoms with Crippen molar-refractivity contribution in [2.45, 2.75) is 71.1 Å². The van der Waals surface area contributed by atoms with E-state index in [1.807, 2.05) is 44.5 Å². The molecule has 0 bridgehead atoms.